The van der Waals surface area contributed by atoms with E-state index in [2.05, 4.69) is 20.8 Å². The van der Waals surface area contributed by atoms with Crippen molar-refractivity contribution in [1.29, 1.82) is 0 Å². The van der Waals surface area contributed by atoms with Crippen LogP contribution in [0.3, 0.4) is 0 Å². The molecule has 0 N–H and O–H groups in total. The summed E-state index contributed by atoms with van der Waals surface area (Å²) in [7, 11) is 0. The van der Waals surface area contributed by atoms with Gasteiger partial charge in [0.15, 0.2) is 0 Å². The second kappa shape index (κ2) is 34.9. The molecule has 1 aromatic rings. The molecule has 1 rings (SSSR count). The Labute approximate surface area is 275 Å². The zero-order chi connectivity index (χ0) is 33.1. The van der Waals surface area contributed by atoms with E-state index in [9.17, 15) is 29.4 Å². The predicted molar refractivity (Wildman–Crippen MR) is 173 cm³/mol. The van der Waals surface area contributed by atoms with E-state index in [-0.39, 0.29) is 27.7 Å². The van der Waals surface area contributed by atoms with Crippen LogP contribution >= 0.6 is 0 Å². The number of unbranched alkanes of at least 4 members (excludes halogenated alkanes) is 11. The molecule has 0 aliphatic carbocycles. The predicted octanol–water partition coefficient (Wildman–Crippen LogP) is 5.92. The monoisotopic (exact) mass is 722 g/mol. The number of rotatable bonds is 23. The van der Waals surface area contributed by atoms with E-state index >= 15 is 0 Å². The molecule has 0 saturated carbocycles. The van der Waals surface area contributed by atoms with Gasteiger partial charge in [-0.2, -0.15) is 0 Å². The number of carboxylic acid groups (broad SMARTS) is 2. The van der Waals surface area contributed by atoms with Crippen LogP contribution in [0.5, 0.6) is 0 Å². The molecule has 0 aromatic heterocycles. The molecule has 0 aliphatic heterocycles. The van der Waals surface area contributed by atoms with Crippen LogP contribution in [0.4, 0.5) is 0 Å². The third-order valence-corrected chi connectivity index (χ3v) is 10.1. The van der Waals surface area contributed by atoms with Crippen LogP contribution in [0, 0.1) is 0 Å². The van der Waals surface area contributed by atoms with Crippen molar-refractivity contribution in [2.45, 2.75) is 126 Å². The molecule has 0 saturated heterocycles. The van der Waals surface area contributed by atoms with Gasteiger partial charge < -0.3 is 29.3 Å². The van der Waals surface area contributed by atoms with E-state index in [0.717, 1.165) is 30.6 Å². The third-order valence-electron chi connectivity index (χ3n) is 6.09. The first-order chi connectivity index (χ1) is 21.3. The van der Waals surface area contributed by atoms with Gasteiger partial charge in [-0.1, -0.05) is 95.0 Å². The molecule has 8 nitrogen and oxygen atoms in total. The molecule has 1 aromatic carbocycles. The standard InChI is InChI=1S/C16H28O4.C11H10O4.2C4H9.Sn/c1-2-3-4-5-6-7-8-9-10-11-14-20-16(19)13-12-15(17)18;12-10(13)6-7-11(14)15-8-9-4-2-1-3-5-9;2*1-3-4-2;/h12-13H,2-11,14H2,1H3,(H,17,18);1-7H,8H2,(H,12,13);2*1,3-4H2,2H3;/q;;;;+2/p-2. The number of carboxylic acids is 2. The molecule has 0 bridgehead atoms. The average Bonchev–Trinajstić information content (AvgIpc) is 3.01. The van der Waals surface area contributed by atoms with E-state index in [0.29, 0.717) is 18.8 Å². The zero-order valence-electron chi connectivity index (χ0n) is 27.2. The van der Waals surface area contributed by atoms with Crippen molar-refractivity contribution in [3.63, 3.8) is 0 Å². The first kappa shape index (κ1) is 43.5. The average molecular weight is 722 g/mol. The van der Waals surface area contributed by atoms with E-state index in [1.54, 1.807) is 21.0 Å². The molecule has 0 heterocycles. The van der Waals surface area contributed by atoms with Gasteiger partial charge in [0, 0.05) is 12.2 Å². The Morgan fingerprint density at radius 1 is 0.591 bits per heavy atom. The number of benzene rings is 1. The van der Waals surface area contributed by atoms with Gasteiger partial charge in [-0.3, -0.25) is 0 Å². The minimum Gasteiger partial charge on any atom is -0.545 e. The van der Waals surface area contributed by atoms with Crippen molar-refractivity contribution in [2.75, 3.05) is 6.61 Å². The van der Waals surface area contributed by atoms with Crippen LogP contribution in [0.1, 0.15) is 116 Å². The number of carbonyl (C=O) groups is 4. The van der Waals surface area contributed by atoms with Crippen molar-refractivity contribution in [3.05, 3.63) is 60.2 Å². The number of aliphatic carboxylic acids is 2. The van der Waals surface area contributed by atoms with Gasteiger partial charge in [-0.05, 0) is 24.1 Å². The van der Waals surface area contributed by atoms with Gasteiger partial charge >= 0.3 is 81.5 Å². The maximum Gasteiger partial charge on any atom is 0.331 e. The van der Waals surface area contributed by atoms with Crippen molar-refractivity contribution in [1.82, 2.24) is 0 Å². The summed E-state index contributed by atoms with van der Waals surface area (Å²) in [6.07, 6.45) is 21.1. The molecule has 0 amide bonds. The number of ether oxygens (including phenoxy) is 2. The van der Waals surface area contributed by atoms with Gasteiger partial charge in [-0.15, -0.1) is 0 Å². The fourth-order valence-corrected chi connectivity index (χ4v) is 7.75. The summed E-state index contributed by atoms with van der Waals surface area (Å²) >= 11 is 0.149. The van der Waals surface area contributed by atoms with E-state index < -0.39 is 23.9 Å². The molecule has 0 aliphatic rings. The fraction of sp³-hybridized carbons (Fsp3) is 0.600. The van der Waals surface area contributed by atoms with Crippen molar-refractivity contribution in [2.24, 2.45) is 0 Å². The first-order valence-corrected chi connectivity index (χ1v) is 20.2. The van der Waals surface area contributed by atoms with Gasteiger partial charge in [0.2, 0.25) is 0 Å². The number of carbonyl (C=O) groups excluding carboxylic acids is 4. The molecular weight excluding hydrogens is 667 g/mol. The van der Waals surface area contributed by atoms with Crippen LogP contribution in [0.2, 0.25) is 8.87 Å². The summed E-state index contributed by atoms with van der Waals surface area (Å²) in [5.41, 5.74) is 0.840. The molecule has 0 atom stereocenters. The largest absolute Gasteiger partial charge is 0.545 e. The van der Waals surface area contributed by atoms with Gasteiger partial charge in [0.05, 0.1) is 18.5 Å². The van der Waals surface area contributed by atoms with Crippen LogP contribution in [0.15, 0.2) is 54.6 Å². The van der Waals surface area contributed by atoms with Crippen LogP contribution in [-0.2, 0) is 35.3 Å². The van der Waals surface area contributed by atoms with Crippen LogP contribution < -0.4 is 10.2 Å². The SMILES string of the molecule is CCCCCCCCCCCCOC(=O)C=CC(=O)[O-].CCC[CH2][Sn+2][CH2]CCC.O=C([O-])C=CC(=O)OCc1ccccc1. The maximum atomic E-state index is 11.0. The van der Waals surface area contributed by atoms with E-state index in [1.165, 1.54) is 77.0 Å². The van der Waals surface area contributed by atoms with E-state index in [4.69, 9.17) is 9.47 Å². The topological polar surface area (TPSA) is 133 Å². The van der Waals surface area contributed by atoms with E-state index in [1.807, 2.05) is 18.2 Å². The normalized spacial score (nSPS) is 10.2. The quantitative estimate of drug-likeness (QED) is 0.0589. The molecule has 9 heteroatoms. The number of hydrogen-bond donors (Lipinski definition) is 0. The van der Waals surface area contributed by atoms with Crippen LogP contribution in [-0.4, -0.2) is 51.6 Å². The Morgan fingerprint density at radius 2 is 1.02 bits per heavy atom. The Kier molecular flexibility index (Phi) is 34.5. The van der Waals surface area contributed by atoms with Gasteiger partial charge in [0.25, 0.3) is 0 Å². The second-order valence-corrected chi connectivity index (χ2v) is 14.5. The van der Waals surface area contributed by atoms with Crippen molar-refractivity contribution in [3.8, 4) is 0 Å². The molecule has 0 spiro atoms. The summed E-state index contributed by atoms with van der Waals surface area (Å²) in [4.78, 5) is 42.0. The molecular formula is C35H54O8Sn. The van der Waals surface area contributed by atoms with Gasteiger partial charge in [-0.25, -0.2) is 9.59 Å². The Bertz CT molecular complexity index is 893. The van der Waals surface area contributed by atoms with Crippen molar-refractivity contribution < 1.29 is 38.9 Å². The maximum absolute atomic E-state index is 11.0. The summed E-state index contributed by atoms with van der Waals surface area (Å²) in [6, 6.07) is 9.09. The summed E-state index contributed by atoms with van der Waals surface area (Å²) in [5.74, 6) is -4.14. The molecule has 0 radical (unpaired) electrons. The van der Waals surface area contributed by atoms with Crippen molar-refractivity contribution >= 4 is 45.0 Å². The van der Waals surface area contributed by atoms with Gasteiger partial charge in [0.1, 0.15) is 6.61 Å². The number of esters is 2. The first-order valence-electron chi connectivity index (χ1n) is 16.1. The molecule has 0 fully saturated rings. The smallest absolute Gasteiger partial charge is 0.331 e. The second-order valence-electron chi connectivity index (χ2n) is 10.2. The molecule has 246 valence electrons. The van der Waals surface area contributed by atoms with Crippen LogP contribution in [0.25, 0.3) is 0 Å². The Balaban J connectivity index is 0. The fourth-order valence-electron chi connectivity index (χ4n) is 3.59. The Morgan fingerprint density at radius 3 is 1.48 bits per heavy atom. The minimum atomic E-state index is -1.42. The Hall–Kier alpha value is -2.62. The zero-order valence-corrected chi connectivity index (χ0v) is 30.0. The summed E-state index contributed by atoms with van der Waals surface area (Å²) < 4.78 is 12.9. The minimum absolute atomic E-state index is 0.122. The molecule has 44 heavy (non-hydrogen) atoms. The molecule has 0 unspecified atom stereocenters. The third kappa shape index (κ3) is 37.4. The summed E-state index contributed by atoms with van der Waals surface area (Å²) in [5, 5.41) is 20.0. The number of hydrogen-bond acceptors (Lipinski definition) is 8. The summed E-state index contributed by atoms with van der Waals surface area (Å²) in [6.45, 7) is 7.28.